The lowest BCUT2D eigenvalue weighted by Gasteiger charge is -2.34. The summed E-state index contributed by atoms with van der Waals surface area (Å²) in [6.45, 7) is 2.33. The van der Waals surface area contributed by atoms with Crippen LogP contribution in [0.1, 0.15) is 27.2 Å². The van der Waals surface area contributed by atoms with E-state index in [9.17, 15) is 26.4 Å². The van der Waals surface area contributed by atoms with E-state index in [-0.39, 0.29) is 22.3 Å². The van der Waals surface area contributed by atoms with Crippen LogP contribution < -0.4 is 0 Å². The molecule has 0 radical (unpaired) electrons. The van der Waals surface area contributed by atoms with Gasteiger partial charge in [-0.25, -0.2) is 8.42 Å². The van der Waals surface area contributed by atoms with Crippen molar-refractivity contribution in [3.63, 3.8) is 0 Å². The van der Waals surface area contributed by atoms with Crippen LogP contribution in [-0.2, 0) is 28.3 Å². The van der Waals surface area contributed by atoms with Gasteiger partial charge in [0, 0.05) is 38.3 Å². The Kier molecular flexibility index (Phi) is 6.81. The highest BCUT2D eigenvalue weighted by atomic mass is 32.2. The predicted octanol–water partition coefficient (Wildman–Crippen LogP) is 4.23. The number of amides is 1. The number of halogens is 3. The zero-order valence-corrected chi connectivity index (χ0v) is 19.0. The molecule has 0 saturated carbocycles. The fraction of sp³-hybridized carbons (Fsp3) is 0.292. The molecule has 0 atom stereocenters. The van der Waals surface area contributed by atoms with Gasteiger partial charge in [0.2, 0.25) is 0 Å². The van der Waals surface area contributed by atoms with Crippen molar-refractivity contribution in [1.82, 2.24) is 9.80 Å². The van der Waals surface area contributed by atoms with Gasteiger partial charge in [-0.15, -0.1) is 0 Å². The molecular weight excluding hydrogens is 469 g/mol. The lowest BCUT2D eigenvalue weighted by molar-refractivity contribution is -0.137. The van der Waals surface area contributed by atoms with E-state index >= 15 is 0 Å². The number of carbonyl (C=O) groups excluding carboxylic acids is 1. The maximum Gasteiger partial charge on any atom is 0.416 e. The van der Waals surface area contributed by atoms with Crippen molar-refractivity contribution in [3.8, 4) is 0 Å². The van der Waals surface area contributed by atoms with Gasteiger partial charge in [-0.3, -0.25) is 9.69 Å². The van der Waals surface area contributed by atoms with Gasteiger partial charge >= 0.3 is 6.18 Å². The highest BCUT2D eigenvalue weighted by Crippen LogP contribution is 2.29. The second kappa shape index (κ2) is 9.63. The maximum atomic E-state index is 13.0. The molecular formula is C24H23F3N2O4S. The molecule has 10 heteroatoms. The summed E-state index contributed by atoms with van der Waals surface area (Å²) in [4.78, 5) is 16.8. The van der Waals surface area contributed by atoms with Crippen LogP contribution in [0.5, 0.6) is 0 Å². The van der Waals surface area contributed by atoms with Crippen LogP contribution in [0.3, 0.4) is 0 Å². The molecule has 3 aromatic rings. The molecule has 1 aliphatic heterocycles. The van der Waals surface area contributed by atoms with Crippen molar-refractivity contribution >= 4 is 15.7 Å². The first kappa shape index (κ1) is 24.0. The Labute approximate surface area is 195 Å². The summed E-state index contributed by atoms with van der Waals surface area (Å²) in [5.41, 5.74) is 0.378. The number of hydrogen-bond acceptors (Lipinski definition) is 5. The van der Waals surface area contributed by atoms with Gasteiger partial charge in [0.25, 0.3) is 5.91 Å². The highest BCUT2D eigenvalue weighted by Gasteiger charge is 2.31. The third-order valence-electron chi connectivity index (χ3n) is 5.74. The molecule has 1 amide bonds. The van der Waals surface area contributed by atoms with E-state index in [2.05, 4.69) is 4.90 Å². The van der Waals surface area contributed by atoms with Crippen molar-refractivity contribution in [2.75, 3.05) is 26.2 Å². The molecule has 1 saturated heterocycles. The van der Waals surface area contributed by atoms with Crippen molar-refractivity contribution in [2.24, 2.45) is 0 Å². The molecule has 4 rings (SSSR count). The topological polar surface area (TPSA) is 70.8 Å². The van der Waals surface area contributed by atoms with Gasteiger partial charge in [0.1, 0.15) is 0 Å². The van der Waals surface area contributed by atoms with Gasteiger partial charge in [-0.1, -0.05) is 30.3 Å². The number of alkyl halides is 3. The van der Waals surface area contributed by atoms with Crippen LogP contribution >= 0.6 is 0 Å². The average Bonchev–Trinajstić information content (AvgIpc) is 3.27. The summed E-state index contributed by atoms with van der Waals surface area (Å²) in [5.74, 6) is -0.712. The number of carbonyl (C=O) groups is 1. The molecule has 0 bridgehead atoms. The second-order valence-corrected chi connectivity index (χ2v) is 10.1. The molecule has 0 spiro atoms. The third-order valence-corrected chi connectivity index (χ3v) is 7.42. The van der Waals surface area contributed by atoms with E-state index in [4.69, 9.17) is 4.42 Å². The first-order chi connectivity index (χ1) is 16.1. The summed E-state index contributed by atoms with van der Waals surface area (Å²) in [5, 5.41) is 0. The standard InChI is InChI=1S/C24H23F3N2O4S/c25-24(26,27)20-8-6-18(7-9-20)16-28-11-13-29(14-12-28)23(30)22-19(10-15-33-22)17-34(31,32)21-4-2-1-3-5-21/h1-10,15H,11-14,16-17H2. The number of hydrogen-bond donors (Lipinski definition) is 0. The lowest BCUT2D eigenvalue weighted by Crippen LogP contribution is -2.48. The Bertz CT molecular complexity index is 1230. The Morgan fingerprint density at radius 3 is 2.18 bits per heavy atom. The Morgan fingerprint density at radius 2 is 1.56 bits per heavy atom. The number of sulfone groups is 1. The van der Waals surface area contributed by atoms with Crippen LogP contribution in [0.15, 0.2) is 76.2 Å². The quantitative estimate of drug-likeness (QED) is 0.515. The fourth-order valence-corrected chi connectivity index (χ4v) is 5.24. The molecule has 0 N–H and O–H groups in total. The lowest BCUT2D eigenvalue weighted by atomic mass is 10.1. The summed E-state index contributed by atoms with van der Waals surface area (Å²) in [7, 11) is -3.64. The summed E-state index contributed by atoms with van der Waals surface area (Å²) < 4.78 is 69.0. The normalized spacial score (nSPS) is 15.4. The molecule has 1 fully saturated rings. The SMILES string of the molecule is O=C(c1occc1CS(=O)(=O)c1ccccc1)N1CCN(Cc2ccc(C(F)(F)F)cc2)CC1. The fourth-order valence-electron chi connectivity index (χ4n) is 3.86. The number of piperazine rings is 1. The Balaban J connectivity index is 1.36. The van der Waals surface area contributed by atoms with E-state index in [1.807, 2.05) is 0 Å². The zero-order chi connectivity index (χ0) is 24.3. The minimum Gasteiger partial charge on any atom is -0.459 e. The van der Waals surface area contributed by atoms with Crippen molar-refractivity contribution in [3.05, 3.63) is 89.4 Å². The number of benzene rings is 2. The minimum atomic E-state index is -4.37. The first-order valence-corrected chi connectivity index (χ1v) is 12.3. The molecule has 6 nitrogen and oxygen atoms in total. The monoisotopic (exact) mass is 492 g/mol. The van der Waals surface area contributed by atoms with E-state index in [0.29, 0.717) is 38.3 Å². The Hall–Kier alpha value is -3.11. The van der Waals surface area contributed by atoms with E-state index in [1.165, 1.54) is 36.6 Å². The number of rotatable bonds is 6. The van der Waals surface area contributed by atoms with Crippen LogP contribution in [0.25, 0.3) is 0 Å². The molecule has 1 aromatic heterocycles. The molecule has 0 aliphatic carbocycles. The molecule has 2 aromatic carbocycles. The number of furan rings is 1. The van der Waals surface area contributed by atoms with Gasteiger partial charge in [-0.2, -0.15) is 13.2 Å². The van der Waals surface area contributed by atoms with Gasteiger partial charge < -0.3 is 9.32 Å². The van der Waals surface area contributed by atoms with Gasteiger partial charge in [-0.05, 0) is 35.9 Å². The van der Waals surface area contributed by atoms with Crippen LogP contribution in [-0.4, -0.2) is 50.3 Å². The largest absolute Gasteiger partial charge is 0.459 e. The summed E-state index contributed by atoms with van der Waals surface area (Å²) in [6.07, 6.45) is -3.06. The van der Waals surface area contributed by atoms with Gasteiger partial charge in [0.15, 0.2) is 15.6 Å². The predicted molar refractivity (Wildman–Crippen MR) is 119 cm³/mol. The zero-order valence-electron chi connectivity index (χ0n) is 18.2. The van der Waals surface area contributed by atoms with Crippen LogP contribution in [0.4, 0.5) is 13.2 Å². The van der Waals surface area contributed by atoms with Crippen molar-refractivity contribution in [2.45, 2.75) is 23.4 Å². The Morgan fingerprint density at radius 1 is 0.912 bits per heavy atom. The van der Waals surface area contributed by atoms with Crippen LogP contribution in [0, 0.1) is 0 Å². The van der Waals surface area contributed by atoms with Gasteiger partial charge in [0.05, 0.1) is 22.5 Å². The first-order valence-electron chi connectivity index (χ1n) is 10.7. The smallest absolute Gasteiger partial charge is 0.416 e. The molecule has 180 valence electrons. The number of nitrogens with zero attached hydrogens (tertiary/aromatic N) is 2. The third kappa shape index (κ3) is 5.51. The van der Waals surface area contributed by atoms with Crippen molar-refractivity contribution in [1.29, 1.82) is 0 Å². The van der Waals surface area contributed by atoms with Crippen molar-refractivity contribution < 1.29 is 30.8 Å². The maximum absolute atomic E-state index is 13.0. The minimum absolute atomic E-state index is 0.00990. The molecule has 0 unspecified atom stereocenters. The van der Waals surface area contributed by atoms with E-state index in [1.54, 1.807) is 23.1 Å². The summed E-state index contributed by atoms with van der Waals surface area (Å²) in [6, 6.07) is 14.6. The average molecular weight is 493 g/mol. The van der Waals surface area contributed by atoms with E-state index < -0.39 is 21.6 Å². The summed E-state index contributed by atoms with van der Waals surface area (Å²) >= 11 is 0. The molecule has 1 aliphatic rings. The van der Waals surface area contributed by atoms with Crippen LogP contribution in [0.2, 0.25) is 0 Å². The molecule has 2 heterocycles. The van der Waals surface area contributed by atoms with E-state index in [0.717, 1.165) is 17.7 Å². The molecule has 34 heavy (non-hydrogen) atoms. The highest BCUT2D eigenvalue weighted by molar-refractivity contribution is 7.90. The second-order valence-electron chi connectivity index (χ2n) is 8.11.